The summed E-state index contributed by atoms with van der Waals surface area (Å²) in [5.41, 5.74) is 1.28. The first-order valence-electron chi connectivity index (χ1n) is 6.57. The molecule has 2 aromatic heterocycles. The number of oxazole rings is 1. The van der Waals surface area contributed by atoms with Crippen LogP contribution in [0.15, 0.2) is 41.1 Å². The van der Waals surface area contributed by atoms with Crippen molar-refractivity contribution in [1.82, 2.24) is 14.8 Å². The van der Waals surface area contributed by atoms with Gasteiger partial charge in [-0.25, -0.2) is 4.79 Å². The van der Waals surface area contributed by atoms with Crippen molar-refractivity contribution in [3.8, 4) is 0 Å². The molecule has 0 unspecified atom stereocenters. The topological polar surface area (TPSA) is 93.2 Å². The highest BCUT2D eigenvalue weighted by Crippen LogP contribution is 2.20. The molecule has 3 rings (SSSR count). The molecule has 0 radical (unpaired) electrons. The number of nitrogens with one attached hydrogen (secondary N) is 1. The normalized spacial score (nSPS) is 10.9. The van der Waals surface area contributed by atoms with Gasteiger partial charge >= 0.3 is 5.97 Å². The summed E-state index contributed by atoms with van der Waals surface area (Å²) in [6, 6.07) is 6.90. The van der Waals surface area contributed by atoms with Gasteiger partial charge in [-0.2, -0.15) is 10.1 Å². The molecule has 0 spiro atoms. The molecule has 2 heterocycles. The molecule has 0 saturated heterocycles. The largest absolute Gasteiger partial charge is 0.478 e. The number of carboxylic acid groups (broad SMARTS) is 1. The second kappa shape index (κ2) is 5.66. The van der Waals surface area contributed by atoms with Crippen LogP contribution in [0.3, 0.4) is 0 Å². The zero-order chi connectivity index (χ0) is 14.7. The highest BCUT2D eigenvalue weighted by Gasteiger charge is 2.09. The Kier molecular flexibility index (Phi) is 3.55. The van der Waals surface area contributed by atoms with Gasteiger partial charge in [0.05, 0.1) is 5.56 Å². The van der Waals surface area contributed by atoms with E-state index in [4.69, 9.17) is 9.52 Å². The minimum atomic E-state index is -0.984. The molecule has 0 aliphatic heterocycles. The number of benzene rings is 1. The summed E-state index contributed by atoms with van der Waals surface area (Å²) in [5.74, 6) is -0.984. The predicted molar refractivity (Wildman–Crippen MR) is 76.3 cm³/mol. The first-order chi connectivity index (χ1) is 10.2. The lowest BCUT2D eigenvalue weighted by atomic mass is 10.2. The van der Waals surface area contributed by atoms with Gasteiger partial charge in [0.2, 0.25) is 0 Å². The third-order valence-electron chi connectivity index (χ3n) is 3.03. The number of aromatic carboxylic acids is 1. The minimum Gasteiger partial charge on any atom is -0.478 e. The van der Waals surface area contributed by atoms with Crippen LogP contribution < -0.4 is 5.32 Å². The van der Waals surface area contributed by atoms with E-state index in [1.165, 1.54) is 12.1 Å². The fraction of sp³-hybridized carbons (Fsp3) is 0.214. The van der Waals surface area contributed by atoms with Crippen LogP contribution in [0.5, 0.6) is 0 Å². The van der Waals surface area contributed by atoms with Gasteiger partial charge in [-0.15, -0.1) is 0 Å². The van der Waals surface area contributed by atoms with Crippen LogP contribution in [-0.4, -0.2) is 32.4 Å². The van der Waals surface area contributed by atoms with E-state index in [-0.39, 0.29) is 5.56 Å². The second-order valence-electron chi connectivity index (χ2n) is 4.56. The molecule has 0 atom stereocenters. The van der Waals surface area contributed by atoms with Gasteiger partial charge in [0.15, 0.2) is 5.58 Å². The van der Waals surface area contributed by atoms with Crippen LogP contribution in [0.2, 0.25) is 0 Å². The molecule has 0 fully saturated rings. The molecule has 0 bridgehead atoms. The average Bonchev–Trinajstić information content (AvgIpc) is 3.11. The summed E-state index contributed by atoms with van der Waals surface area (Å²) in [6.45, 7) is 1.50. The van der Waals surface area contributed by atoms with Crippen LogP contribution in [0.1, 0.15) is 16.8 Å². The van der Waals surface area contributed by atoms with Crippen molar-refractivity contribution < 1.29 is 14.3 Å². The maximum absolute atomic E-state index is 10.9. The molecule has 0 amide bonds. The maximum atomic E-state index is 10.9. The molecular formula is C14H14N4O3. The summed E-state index contributed by atoms with van der Waals surface area (Å²) < 4.78 is 7.34. The van der Waals surface area contributed by atoms with E-state index in [1.54, 1.807) is 12.3 Å². The van der Waals surface area contributed by atoms with Crippen LogP contribution in [0, 0.1) is 0 Å². The van der Waals surface area contributed by atoms with Crippen molar-refractivity contribution >= 4 is 23.1 Å². The standard InChI is InChI=1S/C14H14N4O3/c19-13(20)10-3-4-11-12(9-10)21-14(17-11)15-5-1-7-18-8-2-6-16-18/h2-4,6,8-9H,1,5,7H2,(H,15,17)(H,19,20). The van der Waals surface area contributed by atoms with Crippen molar-refractivity contribution in [1.29, 1.82) is 0 Å². The van der Waals surface area contributed by atoms with E-state index in [2.05, 4.69) is 15.4 Å². The lowest BCUT2D eigenvalue weighted by molar-refractivity contribution is 0.0697. The molecular weight excluding hydrogens is 272 g/mol. The van der Waals surface area contributed by atoms with Gasteiger partial charge in [0.1, 0.15) is 5.52 Å². The SMILES string of the molecule is O=C(O)c1ccc2nc(NCCCn3cccn3)oc2c1. The number of hydrogen-bond acceptors (Lipinski definition) is 5. The molecule has 3 aromatic rings. The van der Waals surface area contributed by atoms with E-state index in [9.17, 15) is 4.79 Å². The Bertz CT molecular complexity index is 749. The lowest BCUT2D eigenvalue weighted by Crippen LogP contribution is -2.07. The van der Waals surface area contributed by atoms with E-state index in [1.807, 2.05) is 16.9 Å². The molecule has 1 aromatic carbocycles. The Labute approximate surface area is 120 Å². The predicted octanol–water partition coefficient (Wildman–Crippen LogP) is 2.22. The van der Waals surface area contributed by atoms with Crippen LogP contribution in [0.25, 0.3) is 11.1 Å². The van der Waals surface area contributed by atoms with Gasteiger partial charge in [-0.3, -0.25) is 4.68 Å². The van der Waals surface area contributed by atoms with E-state index in [0.29, 0.717) is 23.7 Å². The highest BCUT2D eigenvalue weighted by molar-refractivity contribution is 5.92. The number of rotatable bonds is 6. The van der Waals surface area contributed by atoms with E-state index >= 15 is 0 Å². The Hall–Kier alpha value is -2.83. The van der Waals surface area contributed by atoms with Gasteiger partial charge in [0, 0.05) is 25.5 Å². The smallest absolute Gasteiger partial charge is 0.335 e. The number of fused-ring (bicyclic) bond motifs is 1. The van der Waals surface area contributed by atoms with Crippen molar-refractivity contribution in [2.45, 2.75) is 13.0 Å². The monoisotopic (exact) mass is 286 g/mol. The van der Waals surface area contributed by atoms with Gasteiger partial charge in [-0.1, -0.05) is 0 Å². The molecule has 7 heteroatoms. The quantitative estimate of drug-likeness (QED) is 0.675. The molecule has 108 valence electrons. The molecule has 7 nitrogen and oxygen atoms in total. The van der Waals surface area contributed by atoms with Crippen molar-refractivity contribution in [2.75, 3.05) is 11.9 Å². The summed E-state index contributed by atoms with van der Waals surface area (Å²) >= 11 is 0. The Morgan fingerprint density at radius 3 is 3.10 bits per heavy atom. The first-order valence-corrected chi connectivity index (χ1v) is 6.57. The Morgan fingerprint density at radius 1 is 1.43 bits per heavy atom. The number of anilines is 1. The summed E-state index contributed by atoms with van der Waals surface area (Å²) in [5, 5.41) is 16.1. The van der Waals surface area contributed by atoms with Gasteiger partial charge in [0.25, 0.3) is 6.01 Å². The minimum absolute atomic E-state index is 0.184. The van der Waals surface area contributed by atoms with E-state index < -0.39 is 5.97 Å². The Balaban J connectivity index is 1.60. The molecule has 2 N–H and O–H groups in total. The Morgan fingerprint density at radius 2 is 2.33 bits per heavy atom. The number of hydrogen-bond donors (Lipinski definition) is 2. The van der Waals surface area contributed by atoms with Crippen LogP contribution in [0.4, 0.5) is 6.01 Å². The van der Waals surface area contributed by atoms with Gasteiger partial charge < -0.3 is 14.8 Å². The fourth-order valence-corrected chi connectivity index (χ4v) is 2.00. The second-order valence-corrected chi connectivity index (χ2v) is 4.56. The third-order valence-corrected chi connectivity index (χ3v) is 3.03. The summed E-state index contributed by atoms with van der Waals surface area (Å²) in [6.07, 6.45) is 4.53. The first kappa shape index (κ1) is 13.2. The third kappa shape index (κ3) is 3.02. The number of aromatic nitrogens is 3. The number of nitrogens with zero attached hydrogens (tertiary/aromatic N) is 3. The summed E-state index contributed by atoms with van der Waals surface area (Å²) in [4.78, 5) is 15.1. The highest BCUT2D eigenvalue weighted by atomic mass is 16.4. The van der Waals surface area contributed by atoms with Crippen molar-refractivity contribution in [3.63, 3.8) is 0 Å². The van der Waals surface area contributed by atoms with E-state index in [0.717, 1.165) is 13.0 Å². The lowest BCUT2D eigenvalue weighted by Gasteiger charge is -2.01. The summed E-state index contributed by atoms with van der Waals surface area (Å²) in [7, 11) is 0. The number of carbonyl (C=O) groups is 1. The van der Waals surface area contributed by atoms with Crippen LogP contribution in [-0.2, 0) is 6.54 Å². The zero-order valence-electron chi connectivity index (χ0n) is 11.2. The molecule has 0 saturated carbocycles. The molecule has 0 aliphatic carbocycles. The molecule has 0 aliphatic rings. The number of aryl methyl sites for hydroxylation is 1. The zero-order valence-corrected chi connectivity index (χ0v) is 11.2. The number of carboxylic acids is 1. The maximum Gasteiger partial charge on any atom is 0.335 e. The van der Waals surface area contributed by atoms with Crippen LogP contribution >= 0.6 is 0 Å². The van der Waals surface area contributed by atoms with Crippen molar-refractivity contribution in [2.24, 2.45) is 0 Å². The fourth-order valence-electron chi connectivity index (χ4n) is 2.00. The molecule has 21 heavy (non-hydrogen) atoms. The average molecular weight is 286 g/mol. The van der Waals surface area contributed by atoms with Gasteiger partial charge in [-0.05, 0) is 30.7 Å². The van der Waals surface area contributed by atoms with Crippen molar-refractivity contribution in [3.05, 3.63) is 42.2 Å².